The maximum Gasteiger partial charge on any atom is 0.240 e. The molecule has 1 fully saturated rings. The van der Waals surface area contributed by atoms with Gasteiger partial charge >= 0.3 is 0 Å². The Kier molecular flexibility index (Phi) is 3.92. The van der Waals surface area contributed by atoms with Gasteiger partial charge < -0.3 is 4.90 Å². The molecule has 0 aromatic rings. The predicted molar refractivity (Wildman–Crippen MR) is 61.2 cm³/mol. The van der Waals surface area contributed by atoms with Crippen molar-refractivity contribution >= 4 is 15.7 Å². The number of carbonyl (C=O) groups excluding carboxylic acids is 1. The van der Waals surface area contributed by atoms with Gasteiger partial charge in [0.2, 0.25) is 5.91 Å². The summed E-state index contributed by atoms with van der Waals surface area (Å²) in [6.45, 7) is 5.08. The van der Waals surface area contributed by atoms with Gasteiger partial charge in [0.15, 0.2) is 9.84 Å². The largest absolute Gasteiger partial charge is 0.300 e. The number of rotatable bonds is 3. The van der Waals surface area contributed by atoms with Gasteiger partial charge in [0.05, 0.1) is 16.9 Å². The molecule has 0 radical (unpaired) electrons. The monoisotopic (exact) mass is 249 g/mol. The van der Waals surface area contributed by atoms with Crippen LogP contribution in [-0.4, -0.2) is 50.4 Å². The number of sulfone groups is 1. The Bertz CT molecular complexity index is 350. The fourth-order valence-electron chi connectivity index (χ4n) is 1.73. The fourth-order valence-corrected chi connectivity index (χ4v) is 3.01. The number of nitrogens with zero attached hydrogens (tertiary/aromatic N) is 1. The molecule has 0 aliphatic carbocycles. The van der Waals surface area contributed by atoms with E-state index >= 15 is 0 Å². The van der Waals surface area contributed by atoms with E-state index in [2.05, 4.69) is 5.43 Å². The molecule has 1 aliphatic rings. The van der Waals surface area contributed by atoms with Crippen LogP contribution in [0.1, 0.15) is 13.8 Å². The summed E-state index contributed by atoms with van der Waals surface area (Å²) in [5, 5.41) is 0. The van der Waals surface area contributed by atoms with Crippen molar-refractivity contribution in [2.45, 2.75) is 13.8 Å². The minimum Gasteiger partial charge on any atom is -0.300 e. The van der Waals surface area contributed by atoms with Crippen LogP contribution in [-0.2, 0) is 14.6 Å². The first-order valence-electron chi connectivity index (χ1n) is 5.21. The highest BCUT2D eigenvalue weighted by atomic mass is 32.2. The smallest absolute Gasteiger partial charge is 0.240 e. The Morgan fingerprint density at radius 1 is 1.38 bits per heavy atom. The van der Waals surface area contributed by atoms with E-state index in [4.69, 9.17) is 5.84 Å². The second-order valence-electron chi connectivity index (χ2n) is 4.79. The summed E-state index contributed by atoms with van der Waals surface area (Å²) in [7, 11) is -2.86. The van der Waals surface area contributed by atoms with Crippen LogP contribution in [0.15, 0.2) is 0 Å². The van der Waals surface area contributed by atoms with Crippen molar-refractivity contribution in [3.8, 4) is 0 Å². The normalized spacial score (nSPS) is 21.7. The lowest BCUT2D eigenvalue weighted by Gasteiger charge is -2.33. The van der Waals surface area contributed by atoms with Crippen molar-refractivity contribution in [2.75, 3.05) is 31.1 Å². The molecule has 0 saturated carbocycles. The highest BCUT2D eigenvalue weighted by Crippen LogP contribution is 2.18. The molecule has 1 amide bonds. The van der Waals surface area contributed by atoms with Gasteiger partial charge in [-0.3, -0.25) is 10.2 Å². The summed E-state index contributed by atoms with van der Waals surface area (Å²) in [6.07, 6.45) is 0. The number of hydrogen-bond acceptors (Lipinski definition) is 5. The third kappa shape index (κ3) is 3.43. The minimum absolute atomic E-state index is 0.174. The molecule has 0 aromatic heterocycles. The van der Waals surface area contributed by atoms with Crippen molar-refractivity contribution in [2.24, 2.45) is 11.3 Å². The molecule has 0 atom stereocenters. The summed E-state index contributed by atoms with van der Waals surface area (Å²) >= 11 is 0. The quantitative estimate of drug-likeness (QED) is 0.370. The highest BCUT2D eigenvalue weighted by Gasteiger charge is 2.32. The summed E-state index contributed by atoms with van der Waals surface area (Å²) < 4.78 is 22.5. The molecule has 1 rings (SSSR count). The van der Waals surface area contributed by atoms with Gasteiger partial charge in [-0.05, 0) is 13.8 Å². The van der Waals surface area contributed by atoms with Crippen LogP contribution in [0.4, 0.5) is 0 Å². The second-order valence-corrected chi connectivity index (χ2v) is 7.09. The SMILES string of the molecule is CC(C)(CN1CCS(=O)(=O)CC1)C(=O)NN. The van der Waals surface area contributed by atoms with Crippen molar-refractivity contribution in [3.63, 3.8) is 0 Å². The molecule has 3 N–H and O–H groups in total. The molecule has 6 nitrogen and oxygen atoms in total. The molecule has 1 saturated heterocycles. The van der Waals surface area contributed by atoms with Gasteiger partial charge in [0, 0.05) is 19.6 Å². The maximum absolute atomic E-state index is 11.5. The first kappa shape index (κ1) is 13.4. The molecule has 16 heavy (non-hydrogen) atoms. The van der Waals surface area contributed by atoms with Crippen LogP contribution in [0.3, 0.4) is 0 Å². The second kappa shape index (κ2) is 4.68. The summed E-state index contributed by atoms with van der Waals surface area (Å²) in [4.78, 5) is 13.4. The van der Waals surface area contributed by atoms with Crippen LogP contribution in [0.5, 0.6) is 0 Å². The fraction of sp³-hybridized carbons (Fsp3) is 0.889. The molecular weight excluding hydrogens is 230 g/mol. The molecule has 1 aliphatic heterocycles. The van der Waals surface area contributed by atoms with Gasteiger partial charge in [0.1, 0.15) is 0 Å². The topological polar surface area (TPSA) is 92.5 Å². The lowest BCUT2D eigenvalue weighted by molar-refractivity contribution is -0.130. The maximum atomic E-state index is 11.5. The van der Waals surface area contributed by atoms with Crippen molar-refractivity contribution in [3.05, 3.63) is 0 Å². The van der Waals surface area contributed by atoms with Crippen LogP contribution < -0.4 is 11.3 Å². The number of hydrazine groups is 1. The Morgan fingerprint density at radius 2 is 1.88 bits per heavy atom. The van der Waals surface area contributed by atoms with Gasteiger partial charge in [-0.2, -0.15) is 0 Å². The van der Waals surface area contributed by atoms with E-state index in [1.54, 1.807) is 13.8 Å². The number of carbonyl (C=O) groups is 1. The van der Waals surface area contributed by atoms with E-state index < -0.39 is 15.3 Å². The standard InChI is InChI=1S/C9H19N3O3S/c1-9(2,8(13)11-10)7-12-3-5-16(14,15)6-4-12/h3-7,10H2,1-2H3,(H,11,13). The zero-order valence-corrected chi connectivity index (χ0v) is 10.5. The average molecular weight is 249 g/mol. The summed E-state index contributed by atoms with van der Waals surface area (Å²) in [5.41, 5.74) is 1.53. The predicted octanol–water partition coefficient (Wildman–Crippen LogP) is -1.27. The number of nitrogens with two attached hydrogens (primary N) is 1. The average Bonchev–Trinajstić information content (AvgIpc) is 2.20. The van der Waals surface area contributed by atoms with E-state index in [9.17, 15) is 13.2 Å². The zero-order chi connectivity index (χ0) is 12.4. The van der Waals surface area contributed by atoms with E-state index in [0.717, 1.165) is 0 Å². The number of hydrogen-bond donors (Lipinski definition) is 2. The van der Waals surface area contributed by atoms with Gasteiger partial charge in [-0.1, -0.05) is 0 Å². The number of nitrogens with one attached hydrogen (secondary N) is 1. The molecular formula is C9H19N3O3S. The third-order valence-electron chi connectivity index (χ3n) is 2.80. The first-order valence-corrected chi connectivity index (χ1v) is 7.03. The van der Waals surface area contributed by atoms with Gasteiger partial charge in [-0.25, -0.2) is 14.3 Å². The molecule has 0 bridgehead atoms. The summed E-state index contributed by atoms with van der Waals surface area (Å²) in [5.74, 6) is 5.21. The van der Waals surface area contributed by atoms with E-state index in [1.165, 1.54) is 0 Å². The van der Waals surface area contributed by atoms with Gasteiger partial charge in [-0.15, -0.1) is 0 Å². The Hall–Kier alpha value is -0.660. The van der Waals surface area contributed by atoms with E-state index in [0.29, 0.717) is 19.6 Å². The lowest BCUT2D eigenvalue weighted by Crippen LogP contribution is -2.50. The van der Waals surface area contributed by atoms with Crippen LogP contribution >= 0.6 is 0 Å². The van der Waals surface area contributed by atoms with Crippen molar-refractivity contribution < 1.29 is 13.2 Å². The first-order chi connectivity index (χ1) is 7.27. The number of amides is 1. The molecule has 0 unspecified atom stereocenters. The Morgan fingerprint density at radius 3 is 2.31 bits per heavy atom. The zero-order valence-electron chi connectivity index (χ0n) is 9.69. The molecule has 0 spiro atoms. The van der Waals surface area contributed by atoms with E-state index in [-0.39, 0.29) is 17.4 Å². The van der Waals surface area contributed by atoms with Crippen molar-refractivity contribution in [1.82, 2.24) is 10.3 Å². The minimum atomic E-state index is -2.86. The third-order valence-corrected chi connectivity index (χ3v) is 4.41. The van der Waals surface area contributed by atoms with Gasteiger partial charge in [0.25, 0.3) is 0 Å². The molecule has 7 heteroatoms. The van der Waals surface area contributed by atoms with Crippen LogP contribution in [0.25, 0.3) is 0 Å². The Balaban J connectivity index is 2.54. The molecule has 1 heterocycles. The molecule has 0 aromatic carbocycles. The highest BCUT2D eigenvalue weighted by molar-refractivity contribution is 7.91. The molecule has 94 valence electrons. The summed E-state index contributed by atoms with van der Waals surface area (Å²) in [6, 6.07) is 0. The lowest BCUT2D eigenvalue weighted by atomic mass is 9.92. The van der Waals surface area contributed by atoms with Crippen molar-refractivity contribution in [1.29, 1.82) is 0 Å². The van der Waals surface area contributed by atoms with Crippen LogP contribution in [0, 0.1) is 5.41 Å². The Labute approximate surface area is 96.1 Å². The van der Waals surface area contributed by atoms with Crippen LogP contribution in [0.2, 0.25) is 0 Å². The van der Waals surface area contributed by atoms with E-state index in [1.807, 2.05) is 4.90 Å².